The van der Waals surface area contributed by atoms with E-state index in [1.165, 1.54) is 0 Å². The van der Waals surface area contributed by atoms with Gasteiger partial charge in [-0.05, 0) is 48.0 Å². The fraction of sp³-hybridized carbons (Fsp3) is 0.364. The number of carbonyl (C=O) groups is 1. The van der Waals surface area contributed by atoms with Gasteiger partial charge in [0, 0.05) is 15.5 Å². The van der Waals surface area contributed by atoms with Gasteiger partial charge in [0.05, 0.1) is 11.6 Å². The third-order valence-corrected chi connectivity index (χ3v) is 3.38. The van der Waals surface area contributed by atoms with Crippen molar-refractivity contribution in [3.8, 4) is 0 Å². The van der Waals surface area contributed by atoms with Gasteiger partial charge in [-0.3, -0.25) is 4.79 Å². The molecule has 16 heavy (non-hydrogen) atoms. The molecule has 1 aromatic carbocycles. The zero-order valence-electron chi connectivity index (χ0n) is 9.00. The molecule has 0 spiro atoms. The first kappa shape index (κ1) is 13.3. The number of carboxylic acid groups (broad SMARTS) is 1. The summed E-state index contributed by atoms with van der Waals surface area (Å²) >= 11 is 9.24. The fourth-order valence-corrected chi connectivity index (χ4v) is 1.73. The monoisotopic (exact) mass is 305 g/mol. The SMILES string of the molecule is CC(Nc1cc(Cl)ccc1Br)C(C)C(=O)O. The Hall–Kier alpha value is -0.740. The van der Waals surface area contributed by atoms with Crippen LogP contribution in [0, 0.1) is 5.92 Å². The summed E-state index contributed by atoms with van der Waals surface area (Å²) in [5.41, 5.74) is 0.799. The van der Waals surface area contributed by atoms with Crippen LogP contribution >= 0.6 is 27.5 Å². The highest BCUT2D eigenvalue weighted by atomic mass is 79.9. The molecule has 5 heteroatoms. The molecule has 2 atom stereocenters. The van der Waals surface area contributed by atoms with Crippen molar-refractivity contribution in [3.63, 3.8) is 0 Å². The molecule has 0 aliphatic heterocycles. The predicted octanol–water partition coefficient (Wildman–Crippen LogP) is 3.62. The summed E-state index contributed by atoms with van der Waals surface area (Å²) in [5, 5.41) is 12.6. The van der Waals surface area contributed by atoms with Crippen molar-refractivity contribution >= 4 is 39.2 Å². The van der Waals surface area contributed by atoms with Gasteiger partial charge in [-0.25, -0.2) is 0 Å². The minimum Gasteiger partial charge on any atom is -0.481 e. The highest BCUT2D eigenvalue weighted by Gasteiger charge is 2.19. The van der Waals surface area contributed by atoms with E-state index >= 15 is 0 Å². The maximum atomic E-state index is 10.8. The Morgan fingerprint density at radius 3 is 2.69 bits per heavy atom. The summed E-state index contributed by atoms with van der Waals surface area (Å²) in [6.45, 7) is 3.49. The second-order valence-electron chi connectivity index (χ2n) is 3.68. The second kappa shape index (κ2) is 5.55. The molecule has 3 nitrogen and oxygen atoms in total. The number of hydrogen-bond acceptors (Lipinski definition) is 2. The Labute approximate surface area is 108 Å². The van der Waals surface area contributed by atoms with Crippen molar-refractivity contribution in [2.24, 2.45) is 5.92 Å². The topological polar surface area (TPSA) is 49.3 Å². The van der Waals surface area contributed by atoms with E-state index in [-0.39, 0.29) is 6.04 Å². The zero-order chi connectivity index (χ0) is 12.3. The van der Waals surface area contributed by atoms with E-state index in [1.807, 2.05) is 13.0 Å². The van der Waals surface area contributed by atoms with Gasteiger partial charge in [-0.1, -0.05) is 11.6 Å². The average Bonchev–Trinajstić information content (AvgIpc) is 2.22. The Balaban J connectivity index is 2.80. The van der Waals surface area contributed by atoms with Crippen LogP contribution in [0.4, 0.5) is 5.69 Å². The van der Waals surface area contributed by atoms with Crippen molar-refractivity contribution in [2.75, 3.05) is 5.32 Å². The molecule has 0 aliphatic rings. The van der Waals surface area contributed by atoms with Crippen molar-refractivity contribution in [3.05, 3.63) is 27.7 Å². The van der Waals surface area contributed by atoms with Gasteiger partial charge in [-0.15, -0.1) is 0 Å². The Kier molecular flexibility index (Phi) is 4.62. The lowest BCUT2D eigenvalue weighted by Crippen LogP contribution is -2.29. The first-order valence-corrected chi connectivity index (χ1v) is 6.03. The molecule has 0 fully saturated rings. The van der Waals surface area contributed by atoms with Crippen molar-refractivity contribution in [1.82, 2.24) is 0 Å². The third-order valence-electron chi connectivity index (χ3n) is 2.45. The minimum absolute atomic E-state index is 0.174. The van der Waals surface area contributed by atoms with Crippen LogP contribution in [-0.4, -0.2) is 17.1 Å². The molecule has 0 saturated carbocycles. The molecule has 0 aliphatic carbocycles. The van der Waals surface area contributed by atoms with Crippen LogP contribution in [0.15, 0.2) is 22.7 Å². The largest absolute Gasteiger partial charge is 0.481 e. The van der Waals surface area contributed by atoms with E-state index in [0.717, 1.165) is 10.2 Å². The predicted molar refractivity (Wildman–Crippen MR) is 69.0 cm³/mol. The van der Waals surface area contributed by atoms with Crippen molar-refractivity contribution < 1.29 is 9.90 Å². The molecule has 2 N–H and O–H groups in total. The standard InChI is InChI=1S/C11H13BrClNO2/c1-6(11(15)16)7(2)14-10-5-8(13)3-4-9(10)12/h3-7,14H,1-2H3,(H,15,16). The van der Waals surface area contributed by atoms with Crippen LogP contribution < -0.4 is 5.32 Å². The van der Waals surface area contributed by atoms with Gasteiger partial charge >= 0.3 is 5.97 Å². The normalized spacial score (nSPS) is 14.2. The average molecular weight is 307 g/mol. The Bertz CT molecular complexity index is 398. The van der Waals surface area contributed by atoms with Gasteiger partial charge in [0.15, 0.2) is 0 Å². The van der Waals surface area contributed by atoms with Crippen molar-refractivity contribution in [1.29, 1.82) is 0 Å². The molecule has 0 radical (unpaired) electrons. The smallest absolute Gasteiger partial charge is 0.308 e. The molecule has 1 aromatic rings. The number of halogens is 2. The van der Waals surface area contributed by atoms with E-state index in [0.29, 0.717) is 5.02 Å². The van der Waals surface area contributed by atoms with E-state index < -0.39 is 11.9 Å². The summed E-state index contributed by atoms with van der Waals surface area (Å²) < 4.78 is 0.862. The molecular weight excluding hydrogens is 293 g/mol. The molecular formula is C11H13BrClNO2. The maximum absolute atomic E-state index is 10.8. The first-order chi connectivity index (χ1) is 7.41. The quantitative estimate of drug-likeness (QED) is 0.893. The molecule has 0 aromatic heterocycles. The number of aliphatic carboxylic acids is 1. The van der Waals surface area contributed by atoms with Gasteiger partial charge < -0.3 is 10.4 Å². The zero-order valence-corrected chi connectivity index (χ0v) is 11.3. The lowest BCUT2D eigenvalue weighted by Gasteiger charge is -2.20. The number of hydrogen-bond donors (Lipinski definition) is 2. The van der Waals surface area contributed by atoms with Crippen LogP contribution in [0.1, 0.15) is 13.8 Å². The van der Waals surface area contributed by atoms with E-state index in [4.69, 9.17) is 16.7 Å². The number of carboxylic acids is 1. The van der Waals surface area contributed by atoms with Gasteiger partial charge in [0.1, 0.15) is 0 Å². The van der Waals surface area contributed by atoms with Crippen LogP contribution in [0.5, 0.6) is 0 Å². The third kappa shape index (κ3) is 3.39. The highest BCUT2D eigenvalue weighted by Crippen LogP contribution is 2.27. The first-order valence-electron chi connectivity index (χ1n) is 4.86. The highest BCUT2D eigenvalue weighted by molar-refractivity contribution is 9.10. The molecule has 88 valence electrons. The van der Waals surface area contributed by atoms with Crippen molar-refractivity contribution in [2.45, 2.75) is 19.9 Å². The summed E-state index contributed by atoms with van der Waals surface area (Å²) in [6.07, 6.45) is 0. The van der Waals surface area contributed by atoms with Gasteiger partial charge in [0.25, 0.3) is 0 Å². The second-order valence-corrected chi connectivity index (χ2v) is 4.97. The van der Waals surface area contributed by atoms with E-state index in [2.05, 4.69) is 21.2 Å². The summed E-state index contributed by atoms with van der Waals surface area (Å²) in [4.78, 5) is 10.8. The van der Waals surface area contributed by atoms with E-state index in [1.54, 1.807) is 19.1 Å². The maximum Gasteiger partial charge on any atom is 0.308 e. The molecule has 0 heterocycles. The van der Waals surface area contributed by atoms with Crippen LogP contribution in [0.3, 0.4) is 0 Å². The number of rotatable bonds is 4. The summed E-state index contributed by atoms with van der Waals surface area (Å²) in [7, 11) is 0. The van der Waals surface area contributed by atoms with E-state index in [9.17, 15) is 4.79 Å². The van der Waals surface area contributed by atoms with Gasteiger partial charge in [0.2, 0.25) is 0 Å². The molecule has 0 saturated heterocycles. The Morgan fingerprint density at radius 2 is 2.12 bits per heavy atom. The lowest BCUT2D eigenvalue weighted by molar-refractivity contribution is -0.141. The minimum atomic E-state index is -0.821. The van der Waals surface area contributed by atoms with Gasteiger partial charge in [-0.2, -0.15) is 0 Å². The molecule has 0 bridgehead atoms. The molecule has 2 unspecified atom stereocenters. The molecule has 1 rings (SSSR count). The summed E-state index contributed by atoms with van der Waals surface area (Å²) in [5.74, 6) is -1.29. The number of benzene rings is 1. The lowest BCUT2D eigenvalue weighted by atomic mass is 10.0. The molecule has 0 amide bonds. The van der Waals surface area contributed by atoms with Crippen LogP contribution in [0.2, 0.25) is 5.02 Å². The van der Waals surface area contributed by atoms with Crippen LogP contribution in [0.25, 0.3) is 0 Å². The fourth-order valence-electron chi connectivity index (χ4n) is 1.19. The number of anilines is 1. The van der Waals surface area contributed by atoms with Crippen LogP contribution in [-0.2, 0) is 4.79 Å². The summed E-state index contributed by atoms with van der Waals surface area (Å²) in [6, 6.07) is 5.18. The Morgan fingerprint density at radius 1 is 1.50 bits per heavy atom. The number of nitrogens with one attached hydrogen (secondary N) is 1.